The topological polar surface area (TPSA) is 45.2 Å². The van der Waals surface area contributed by atoms with E-state index in [0.29, 0.717) is 21.7 Å². The Morgan fingerprint density at radius 3 is 2.46 bits per heavy atom. The van der Waals surface area contributed by atoms with Crippen LogP contribution >= 0.6 is 11.6 Å². The van der Waals surface area contributed by atoms with E-state index in [2.05, 4.69) is 24.8 Å². The number of hydrogen-bond acceptors (Lipinski definition) is 5. The van der Waals surface area contributed by atoms with Crippen LogP contribution in [0.5, 0.6) is 0 Å². The van der Waals surface area contributed by atoms with Crippen LogP contribution in [0.15, 0.2) is 42.9 Å². The van der Waals surface area contributed by atoms with E-state index < -0.39 is 0 Å². The summed E-state index contributed by atoms with van der Waals surface area (Å²) in [6.45, 7) is 3.05. The zero-order valence-electron chi connectivity index (χ0n) is 12.9. The highest BCUT2D eigenvalue weighted by Crippen LogP contribution is 2.27. The van der Waals surface area contributed by atoms with Gasteiger partial charge in [-0.15, -0.1) is 0 Å². The van der Waals surface area contributed by atoms with E-state index in [0.717, 1.165) is 32.0 Å². The Balaban J connectivity index is 1.57. The first kappa shape index (κ1) is 15.1. The van der Waals surface area contributed by atoms with Crippen molar-refractivity contribution in [3.05, 3.63) is 53.7 Å². The molecule has 24 heavy (non-hydrogen) atoms. The lowest BCUT2D eigenvalue weighted by Crippen LogP contribution is -2.47. The Morgan fingerprint density at radius 1 is 0.917 bits per heavy atom. The summed E-state index contributed by atoms with van der Waals surface area (Å²) in [6, 6.07) is 8.67. The smallest absolute Gasteiger partial charge is 0.142 e. The van der Waals surface area contributed by atoms with Gasteiger partial charge in [-0.05, 0) is 24.3 Å². The molecular weight excluding hydrogens is 329 g/mol. The number of piperazine rings is 1. The fourth-order valence-corrected chi connectivity index (χ4v) is 3.11. The first-order chi connectivity index (χ1) is 11.7. The molecule has 0 spiro atoms. The molecule has 0 radical (unpaired) electrons. The van der Waals surface area contributed by atoms with Crippen molar-refractivity contribution in [3.63, 3.8) is 0 Å². The minimum absolute atomic E-state index is 0.287. The zero-order chi connectivity index (χ0) is 16.5. The maximum atomic E-state index is 14.2. The van der Waals surface area contributed by atoms with Gasteiger partial charge in [0, 0.05) is 32.4 Å². The third-order valence-corrected chi connectivity index (χ3v) is 4.43. The molecule has 122 valence electrons. The van der Waals surface area contributed by atoms with Crippen LogP contribution in [-0.4, -0.2) is 41.1 Å². The van der Waals surface area contributed by atoms with E-state index in [-0.39, 0.29) is 5.82 Å². The van der Waals surface area contributed by atoms with Crippen LogP contribution in [0.1, 0.15) is 0 Å². The van der Waals surface area contributed by atoms with Crippen LogP contribution in [0.3, 0.4) is 0 Å². The van der Waals surface area contributed by atoms with E-state index in [1.807, 2.05) is 12.1 Å². The van der Waals surface area contributed by atoms with Crippen molar-refractivity contribution in [3.8, 4) is 0 Å². The summed E-state index contributed by atoms with van der Waals surface area (Å²) < 4.78 is 14.2. The van der Waals surface area contributed by atoms with Gasteiger partial charge in [0.1, 0.15) is 23.8 Å². The largest absolute Gasteiger partial charge is 0.353 e. The van der Waals surface area contributed by atoms with Crippen LogP contribution in [0.25, 0.3) is 10.9 Å². The van der Waals surface area contributed by atoms with Crippen molar-refractivity contribution in [2.75, 3.05) is 36.0 Å². The molecule has 0 bridgehead atoms. The number of pyridine rings is 1. The summed E-state index contributed by atoms with van der Waals surface area (Å²) >= 11 is 5.89. The lowest BCUT2D eigenvalue weighted by atomic mass is 10.2. The molecule has 0 unspecified atom stereocenters. The molecule has 0 saturated carbocycles. The molecule has 3 heterocycles. The third kappa shape index (κ3) is 2.73. The van der Waals surface area contributed by atoms with Gasteiger partial charge < -0.3 is 9.80 Å². The molecule has 1 saturated heterocycles. The molecule has 1 fully saturated rings. The number of rotatable bonds is 2. The number of benzene rings is 1. The quantitative estimate of drug-likeness (QED) is 0.715. The number of aromatic nitrogens is 3. The first-order valence-corrected chi connectivity index (χ1v) is 8.11. The second kappa shape index (κ2) is 6.20. The van der Waals surface area contributed by atoms with Crippen molar-refractivity contribution in [1.29, 1.82) is 0 Å². The first-order valence-electron chi connectivity index (χ1n) is 7.73. The van der Waals surface area contributed by atoms with Crippen LogP contribution in [0.2, 0.25) is 5.02 Å². The molecule has 1 aliphatic rings. The molecule has 4 rings (SSSR count). The summed E-state index contributed by atoms with van der Waals surface area (Å²) in [4.78, 5) is 17.1. The molecule has 7 heteroatoms. The molecule has 1 aromatic carbocycles. The minimum Gasteiger partial charge on any atom is -0.353 e. The maximum absolute atomic E-state index is 14.2. The van der Waals surface area contributed by atoms with Gasteiger partial charge in [0.2, 0.25) is 0 Å². The number of anilines is 2. The van der Waals surface area contributed by atoms with Crippen molar-refractivity contribution < 1.29 is 4.39 Å². The number of hydrogen-bond donors (Lipinski definition) is 0. The van der Waals surface area contributed by atoms with Crippen molar-refractivity contribution in [1.82, 2.24) is 15.0 Å². The summed E-state index contributed by atoms with van der Waals surface area (Å²) in [6.07, 6.45) is 3.14. The fraction of sp³-hybridized carbons (Fsp3) is 0.235. The summed E-state index contributed by atoms with van der Waals surface area (Å²) in [5.74, 6) is 1.27. The summed E-state index contributed by atoms with van der Waals surface area (Å²) in [5, 5.41) is 1.11. The van der Waals surface area contributed by atoms with Gasteiger partial charge in [-0.1, -0.05) is 17.7 Å². The number of halogens is 2. The van der Waals surface area contributed by atoms with Crippen molar-refractivity contribution in [2.24, 2.45) is 0 Å². The zero-order valence-corrected chi connectivity index (χ0v) is 13.6. The highest BCUT2D eigenvalue weighted by molar-refractivity contribution is 6.30. The van der Waals surface area contributed by atoms with Gasteiger partial charge in [-0.3, -0.25) is 0 Å². The number of nitrogens with zero attached hydrogens (tertiary/aromatic N) is 5. The molecule has 1 aliphatic heterocycles. The van der Waals surface area contributed by atoms with Gasteiger partial charge >= 0.3 is 0 Å². The Hall–Kier alpha value is -2.47. The van der Waals surface area contributed by atoms with E-state index >= 15 is 0 Å². The van der Waals surface area contributed by atoms with Crippen LogP contribution in [0.4, 0.5) is 16.0 Å². The van der Waals surface area contributed by atoms with Crippen LogP contribution in [0, 0.1) is 5.82 Å². The maximum Gasteiger partial charge on any atom is 0.142 e. The highest BCUT2D eigenvalue weighted by atomic mass is 35.5. The lowest BCUT2D eigenvalue weighted by Gasteiger charge is -2.36. The van der Waals surface area contributed by atoms with Crippen LogP contribution < -0.4 is 9.80 Å². The monoisotopic (exact) mass is 343 g/mol. The number of fused-ring (bicyclic) bond motifs is 1. The molecular formula is C17H15ClFN5. The van der Waals surface area contributed by atoms with Gasteiger partial charge in [0.05, 0.1) is 15.9 Å². The lowest BCUT2D eigenvalue weighted by molar-refractivity contribution is 0.628. The molecule has 5 nitrogen and oxygen atoms in total. The van der Waals surface area contributed by atoms with Crippen LogP contribution in [-0.2, 0) is 0 Å². The third-order valence-electron chi connectivity index (χ3n) is 4.21. The Bertz CT molecular complexity index is 857. The second-order valence-corrected chi connectivity index (χ2v) is 6.08. The fourth-order valence-electron chi connectivity index (χ4n) is 2.99. The standard InChI is InChI=1S/C17H15ClFN5/c18-12-4-5-15(20-10-12)23-6-8-24(9-7-23)17-16-13(19)2-1-3-14(16)21-11-22-17/h1-5,10-11H,6-9H2. The molecule has 0 atom stereocenters. The van der Waals surface area contributed by atoms with Crippen molar-refractivity contribution >= 4 is 34.1 Å². The van der Waals surface area contributed by atoms with E-state index in [1.54, 1.807) is 18.3 Å². The summed E-state index contributed by atoms with van der Waals surface area (Å²) in [5.41, 5.74) is 0.627. The molecule has 0 amide bonds. The molecule has 0 N–H and O–H groups in total. The van der Waals surface area contributed by atoms with Gasteiger partial charge in [-0.25, -0.2) is 19.3 Å². The van der Waals surface area contributed by atoms with Crippen molar-refractivity contribution in [2.45, 2.75) is 0 Å². The second-order valence-electron chi connectivity index (χ2n) is 5.64. The SMILES string of the molecule is Fc1cccc2ncnc(N3CCN(c4ccc(Cl)cn4)CC3)c12. The Morgan fingerprint density at radius 2 is 1.71 bits per heavy atom. The predicted octanol–water partition coefficient (Wildman–Crippen LogP) is 3.14. The highest BCUT2D eigenvalue weighted by Gasteiger charge is 2.22. The summed E-state index contributed by atoms with van der Waals surface area (Å²) in [7, 11) is 0. The predicted molar refractivity (Wildman–Crippen MR) is 93.2 cm³/mol. The molecule has 0 aliphatic carbocycles. The Kier molecular flexibility index (Phi) is 3.90. The minimum atomic E-state index is -0.287. The Labute approximate surface area is 143 Å². The van der Waals surface area contributed by atoms with E-state index in [1.165, 1.54) is 12.4 Å². The normalized spacial score (nSPS) is 15.1. The van der Waals surface area contributed by atoms with Gasteiger partial charge in [-0.2, -0.15) is 0 Å². The molecule has 2 aromatic heterocycles. The van der Waals surface area contributed by atoms with E-state index in [4.69, 9.17) is 11.6 Å². The average Bonchev–Trinajstić information content (AvgIpc) is 2.62. The van der Waals surface area contributed by atoms with E-state index in [9.17, 15) is 4.39 Å². The van der Waals surface area contributed by atoms with Gasteiger partial charge in [0.15, 0.2) is 0 Å². The van der Waals surface area contributed by atoms with Gasteiger partial charge in [0.25, 0.3) is 0 Å². The molecule has 3 aromatic rings. The average molecular weight is 344 g/mol.